The van der Waals surface area contributed by atoms with Gasteiger partial charge in [-0.1, -0.05) is 115 Å². The Kier molecular flexibility index (Phi) is 21.3. The van der Waals surface area contributed by atoms with Crippen LogP contribution in [0.25, 0.3) is 54.8 Å². The Morgan fingerprint density at radius 3 is 1.07 bits per heavy atom. The van der Waals surface area contributed by atoms with Crippen molar-refractivity contribution in [3.8, 4) is 0 Å². The molecular weight excluding hydrogens is 1520 g/mol. The van der Waals surface area contributed by atoms with Crippen LogP contribution in [0.1, 0.15) is 318 Å². The second-order valence-electron chi connectivity index (χ2n) is 46.3. The summed E-state index contributed by atoms with van der Waals surface area (Å²) in [4.78, 5) is 36.2. The molecule has 4 heterocycles. The number of aliphatic hydroxyl groups is 4. The van der Waals surface area contributed by atoms with E-state index in [0.717, 1.165) is 197 Å². The van der Waals surface area contributed by atoms with Crippen LogP contribution < -0.4 is 0 Å². The lowest BCUT2D eigenvalue weighted by Gasteiger charge is -2.61. The van der Waals surface area contributed by atoms with E-state index in [1.165, 1.54) is 181 Å². The molecule has 124 heavy (non-hydrogen) atoms. The van der Waals surface area contributed by atoms with Gasteiger partial charge in [-0.25, -0.2) is 39.9 Å². The van der Waals surface area contributed by atoms with Crippen molar-refractivity contribution in [2.24, 2.45) is 126 Å². The van der Waals surface area contributed by atoms with Gasteiger partial charge in [-0.05, 0) is 453 Å². The van der Waals surface area contributed by atoms with Gasteiger partial charge in [0.05, 0.1) is 46.5 Å². The van der Waals surface area contributed by atoms with Gasteiger partial charge in [-0.2, -0.15) is 0 Å². The zero-order valence-corrected chi connectivity index (χ0v) is 77.1. The molecule has 12 saturated carbocycles. The number of nitrogens with zero attached hydrogens (tertiary/aromatic N) is 8. The first kappa shape index (κ1) is 83.9. The van der Waals surface area contributed by atoms with E-state index < -0.39 is 0 Å². The maximum absolute atomic E-state index is 10.3. The normalized spacial score (nSPS) is 41.9. The van der Waals surface area contributed by atoms with E-state index >= 15 is 0 Å². The average Bonchev–Trinajstić information content (AvgIpc) is 1.46. The molecule has 28 atom stereocenters. The van der Waals surface area contributed by atoms with Crippen LogP contribution >= 0.6 is 0 Å². The van der Waals surface area contributed by atoms with Crippen LogP contribution in [-0.2, 0) is 0 Å². The zero-order valence-electron chi connectivity index (χ0n) is 77.1. The molecule has 0 amide bonds. The summed E-state index contributed by atoms with van der Waals surface area (Å²) in [5, 5.41) is 45.7. The molecule has 4 N–H and O–H groups in total. The summed E-state index contributed by atoms with van der Waals surface area (Å²) in [6.07, 6.45) is 57.0. The van der Waals surface area contributed by atoms with Crippen molar-refractivity contribution >= 4 is 54.8 Å². The molecule has 0 unspecified atom stereocenters. The molecule has 0 bridgehead atoms. The highest BCUT2D eigenvalue weighted by Gasteiger charge is 2.64. The fourth-order valence-electron chi connectivity index (χ4n) is 34.2. The van der Waals surface area contributed by atoms with Crippen LogP contribution in [0, 0.1) is 154 Å². The summed E-state index contributed by atoms with van der Waals surface area (Å²) in [5.41, 5.74) is 19.2. The van der Waals surface area contributed by atoms with Gasteiger partial charge in [0.15, 0.2) is 0 Å². The minimum Gasteiger partial charge on any atom is -0.393 e. The second-order valence-corrected chi connectivity index (χ2v) is 46.3. The predicted molar refractivity (Wildman–Crippen MR) is 500 cm³/mol. The lowest BCUT2D eigenvalue weighted by Crippen LogP contribution is -2.53. The maximum Gasteiger partial charge on any atom is 0.125 e. The van der Waals surface area contributed by atoms with Gasteiger partial charge in [0.1, 0.15) is 23.3 Å². The zero-order chi connectivity index (χ0) is 85.5. The topological polar surface area (TPSA) is 184 Å². The number of aliphatic hydroxyl groups excluding tert-OH is 4. The first-order chi connectivity index (χ1) is 59.5. The average molecular weight is 1670 g/mol. The molecule has 12 fully saturated rings. The van der Waals surface area contributed by atoms with Gasteiger partial charge in [0, 0.05) is 46.3 Å². The molecule has 0 radical (unpaired) electrons. The SMILES string of the molecule is Cc1ncc2cc(C3=CC[C@H]4[C@@H]5CC=C6C[C@H](O)CC[C@]6(C)[C@H]5CC[C@]34C)ccc2n1.Cc1ncc2cc(C3=CC[C@H]4[C@@H]5CC[C@H]6C[C@H](O)CC[C@]6(C)[C@H]5CC[C@]34C)ccc2n1.Cc1ncc2cc([C@H]3CC[C@H]4[C@@H]5CC=C6C[C@H](O)CC[C@]6(C)[C@H]5CC[C@]34C)ccc2n1.Cc1ncc2cc([C@H]3CC[C@H]4[C@@H]5CC[C@H]6C[C@H](O)CC[C@]6(C)[C@H]5CC[C@]34C)ccc2n1. The van der Waals surface area contributed by atoms with Crippen molar-refractivity contribution in [1.82, 2.24) is 39.9 Å². The highest BCUT2D eigenvalue weighted by atomic mass is 16.3. The number of hydrogen-bond acceptors (Lipinski definition) is 12. The van der Waals surface area contributed by atoms with Crippen LogP contribution in [0.2, 0.25) is 0 Å². The van der Waals surface area contributed by atoms with Crippen molar-refractivity contribution in [2.45, 2.75) is 325 Å². The fraction of sp³-hybridized carbons (Fsp3) is 0.643. The van der Waals surface area contributed by atoms with E-state index in [4.69, 9.17) is 0 Å². The number of rotatable bonds is 4. The van der Waals surface area contributed by atoms with E-state index in [2.05, 4.69) is 192 Å². The summed E-state index contributed by atoms with van der Waals surface area (Å²) in [6, 6.07) is 27.5. The molecule has 24 rings (SSSR count). The lowest BCUT2D eigenvalue weighted by atomic mass is 9.44. The Morgan fingerprint density at radius 2 is 0.629 bits per heavy atom. The molecule has 4 aromatic heterocycles. The molecule has 16 aliphatic rings. The van der Waals surface area contributed by atoms with Crippen LogP contribution in [-0.4, -0.2) is 84.7 Å². The van der Waals surface area contributed by atoms with Crippen molar-refractivity contribution in [3.63, 3.8) is 0 Å². The number of aromatic nitrogens is 8. The summed E-state index contributed by atoms with van der Waals surface area (Å²) in [6.45, 7) is 28.4. The summed E-state index contributed by atoms with van der Waals surface area (Å²) in [5.74, 6) is 16.0. The number of aryl methyl sites for hydroxylation is 4. The molecule has 8 aromatic rings. The first-order valence-electron chi connectivity index (χ1n) is 50.0. The number of fused-ring (bicyclic) bond motifs is 24. The molecule has 0 saturated heterocycles. The van der Waals surface area contributed by atoms with Crippen LogP contribution in [0.5, 0.6) is 0 Å². The molecule has 656 valence electrons. The molecule has 12 heteroatoms. The molecule has 12 nitrogen and oxygen atoms in total. The van der Waals surface area contributed by atoms with Gasteiger partial charge in [0.25, 0.3) is 0 Å². The molecular formula is C112H144N8O4. The Balaban J connectivity index is 0.000000101. The third-order valence-electron chi connectivity index (χ3n) is 40.9. The second kappa shape index (κ2) is 31.4. The van der Waals surface area contributed by atoms with Gasteiger partial charge in [-0.15, -0.1) is 0 Å². The smallest absolute Gasteiger partial charge is 0.125 e. The summed E-state index contributed by atoms with van der Waals surface area (Å²) in [7, 11) is 0. The number of benzene rings is 4. The van der Waals surface area contributed by atoms with E-state index in [1.54, 1.807) is 22.3 Å². The van der Waals surface area contributed by atoms with Crippen molar-refractivity contribution in [3.05, 3.63) is 179 Å². The third kappa shape index (κ3) is 13.8. The minimum atomic E-state index is -0.120. The Labute approximate surface area is 740 Å². The maximum atomic E-state index is 10.3. The summed E-state index contributed by atoms with van der Waals surface area (Å²) < 4.78 is 0. The van der Waals surface area contributed by atoms with Crippen molar-refractivity contribution < 1.29 is 20.4 Å². The number of allylic oxidation sites excluding steroid dienone is 6. The highest BCUT2D eigenvalue weighted by Crippen LogP contribution is 2.74. The molecule has 0 spiro atoms. The minimum absolute atomic E-state index is 0.0417. The largest absolute Gasteiger partial charge is 0.393 e. The van der Waals surface area contributed by atoms with Gasteiger partial charge in [-0.3, -0.25) is 0 Å². The van der Waals surface area contributed by atoms with Gasteiger partial charge >= 0.3 is 0 Å². The number of hydrogen-bond donors (Lipinski definition) is 4. The van der Waals surface area contributed by atoms with Gasteiger partial charge in [0.2, 0.25) is 0 Å². The van der Waals surface area contributed by atoms with Crippen LogP contribution in [0.4, 0.5) is 0 Å². The molecule has 0 aliphatic heterocycles. The Morgan fingerprint density at radius 1 is 0.290 bits per heavy atom. The van der Waals surface area contributed by atoms with Gasteiger partial charge < -0.3 is 20.4 Å². The van der Waals surface area contributed by atoms with Crippen molar-refractivity contribution in [2.75, 3.05) is 0 Å². The fourth-order valence-corrected chi connectivity index (χ4v) is 34.2. The van der Waals surface area contributed by atoms with Crippen LogP contribution in [0.3, 0.4) is 0 Å². The molecule has 4 aromatic carbocycles. The monoisotopic (exact) mass is 1670 g/mol. The van der Waals surface area contributed by atoms with E-state index in [0.29, 0.717) is 44.3 Å². The van der Waals surface area contributed by atoms with E-state index in [1.807, 2.05) is 52.5 Å². The van der Waals surface area contributed by atoms with E-state index in [-0.39, 0.29) is 35.2 Å². The first-order valence-corrected chi connectivity index (χ1v) is 50.0. The Bertz CT molecular complexity index is 5500. The van der Waals surface area contributed by atoms with E-state index in [9.17, 15) is 20.4 Å². The third-order valence-corrected chi connectivity index (χ3v) is 40.9. The van der Waals surface area contributed by atoms with Crippen LogP contribution in [0.15, 0.2) is 133 Å². The highest BCUT2D eigenvalue weighted by molar-refractivity contribution is 5.86. The standard InChI is InChI=1S/C28H38N2O.2C28H36N2O.C28H34N2O/c4*1-17-29-16-19-14-18(4-9-26(19)30-17)23-7-8-24-22-6-5-20-15-21(31)10-12-27(20,2)25(22)11-13-28(23,24)3/h4,9,14,16,20-25,31H,5-8,10-13,15H2,1-3H3;4,7,9,14,16,20-22,24-25,31H,5-6,8,10-13,15H2,1-3H3;4-5,9,14,16,21-25,31H,6-8,10-13,15H2,1-3H3;4-5,7,9,14,16,21-22,24-25,31H,6,8,10-13,15H2,1-3H3/t20-,21+,22-,23+,24-,25-,27-,28+;20-,21+,22-,24-,25-,27-,28+;21-,22+,23-,24+,25+,27+,28-;21-,22+,24+,25+,27+,28-/m0011/s1. The summed E-state index contributed by atoms with van der Waals surface area (Å²) >= 11 is 0. The molecule has 16 aliphatic carbocycles. The quantitative estimate of drug-likeness (QED) is 0.123. The Hall–Kier alpha value is -6.96. The van der Waals surface area contributed by atoms with Crippen molar-refractivity contribution in [1.29, 1.82) is 0 Å². The lowest BCUT2D eigenvalue weighted by molar-refractivity contribution is -0.122. The predicted octanol–water partition coefficient (Wildman–Crippen LogP) is 25.4.